The van der Waals surface area contributed by atoms with Crippen LogP contribution in [0.3, 0.4) is 0 Å². The minimum Gasteiger partial charge on any atom is -0.489 e. The molecule has 0 aromatic heterocycles. The third-order valence-corrected chi connectivity index (χ3v) is 2.58. The van der Waals surface area contributed by atoms with Gasteiger partial charge < -0.3 is 15.8 Å². The van der Waals surface area contributed by atoms with Crippen LogP contribution in [-0.4, -0.2) is 5.91 Å². The summed E-state index contributed by atoms with van der Waals surface area (Å²) in [5.41, 5.74) is 8.02. The van der Waals surface area contributed by atoms with Crippen molar-refractivity contribution >= 4 is 17.3 Å². The molecule has 0 bridgehead atoms. The van der Waals surface area contributed by atoms with Crippen molar-refractivity contribution in [2.45, 2.75) is 13.5 Å². The summed E-state index contributed by atoms with van der Waals surface area (Å²) in [6, 6.07) is 15.1. The number of carbonyl (C=O) groups is 1. The summed E-state index contributed by atoms with van der Waals surface area (Å²) in [5, 5.41) is 2.65. The monoisotopic (exact) mass is 256 g/mol. The van der Waals surface area contributed by atoms with Crippen molar-refractivity contribution in [2.24, 2.45) is 0 Å². The minimum absolute atomic E-state index is 0.148. The summed E-state index contributed by atoms with van der Waals surface area (Å²) in [6.45, 7) is 1.93. The molecule has 0 aliphatic carbocycles. The van der Waals surface area contributed by atoms with E-state index in [0.29, 0.717) is 23.7 Å². The fourth-order valence-corrected chi connectivity index (χ4v) is 1.67. The smallest absolute Gasteiger partial charge is 0.221 e. The molecule has 1 amide bonds. The quantitative estimate of drug-likeness (QED) is 0.827. The number of carbonyl (C=O) groups excluding carboxylic acids is 1. The van der Waals surface area contributed by atoms with Crippen LogP contribution in [0.1, 0.15) is 12.5 Å². The fourth-order valence-electron chi connectivity index (χ4n) is 1.67. The molecular formula is C15H16N2O2. The van der Waals surface area contributed by atoms with Crippen LogP contribution in [0.4, 0.5) is 11.4 Å². The Labute approximate surface area is 112 Å². The lowest BCUT2D eigenvalue weighted by Gasteiger charge is -2.10. The van der Waals surface area contributed by atoms with Crippen molar-refractivity contribution in [2.75, 3.05) is 11.1 Å². The Bertz CT molecular complexity index is 568. The maximum atomic E-state index is 11.0. The molecule has 19 heavy (non-hydrogen) atoms. The van der Waals surface area contributed by atoms with Crippen molar-refractivity contribution in [1.29, 1.82) is 0 Å². The number of ether oxygens (including phenoxy) is 1. The van der Waals surface area contributed by atoms with Crippen LogP contribution < -0.4 is 15.8 Å². The van der Waals surface area contributed by atoms with E-state index in [0.717, 1.165) is 5.56 Å². The topological polar surface area (TPSA) is 64.3 Å². The zero-order chi connectivity index (χ0) is 13.7. The molecule has 0 aliphatic rings. The van der Waals surface area contributed by atoms with Crippen LogP contribution in [0.25, 0.3) is 0 Å². The van der Waals surface area contributed by atoms with Gasteiger partial charge in [0, 0.05) is 13.0 Å². The zero-order valence-corrected chi connectivity index (χ0v) is 10.7. The number of hydrogen-bond donors (Lipinski definition) is 2. The van der Waals surface area contributed by atoms with Crippen LogP contribution in [0.5, 0.6) is 5.75 Å². The van der Waals surface area contributed by atoms with Gasteiger partial charge in [0.05, 0.1) is 11.4 Å². The van der Waals surface area contributed by atoms with Gasteiger partial charge in [0.15, 0.2) is 0 Å². The molecule has 0 radical (unpaired) electrons. The predicted molar refractivity (Wildman–Crippen MR) is 75.9 cm³/mol. The molecule has 0 unspecified atom stereocenters. The maximum Gasteiger partial charge on any atom is 0.221 e. The van der Waals surface area contributed by atoms with Crippen molar-refractivity contribution in [3.8, 4) is 5.75 Å². The highest BCUT2D eigenvalue weighted by molar-refractivity contribution is 5.92. The van der Waals surface area contributed by atoms with E-state index in [1.807, 2.05) is 30.3 Å². The lowest BCUT2D eigenvalue weighted by molar-refractivity contribution is -0.114. The molecule has 0 spiro atoms. The summed E-state index contributed by atoms with van der Waals surface area (Å²) in [7, 11) is 0. The second-order valence-corrected chi connectivity index (χ2v) is 4.20. The average Bonchev–Trinajstić information content (AvgIpc) is 2.40. The molecule has 0 aliphatic heterocycles. The summed E-state index contributed by atoms with van der Waals surface area (Å²) in [4.78, 5) is 11.0. The van der Waals surface area contributed by atoms with Gasteiger partial charge in [0.2, 0.25) is 5.91 Å². The number of benzene rings is 2. The van der Waals surface area contributed by atoms with Gasteiger partial charge in [0.25, 0.3) is 0 Å². The molecule has 4 heteroatoms. The van der Waals surface area contributed by atoms with Gasteiger partial charge in [-0.25, -0.2) is 0 Å². The van der Waals surface area contributed by atoms with Gasteiger partial charge in [-0.2, -0.15) is 0 Å². The number of amides is 1. The molecule has 2 aromatic carbocycles. The minimum atomic E-state index is -0.148. The predicted octanol–water partition coefficient (Wildman–Crippen LogP) is 2.81. The summed E-state index contributed by atoms with van der Waals surface area (Å²) >= 11 is 0. The number of nitrogens with one attached hydrogen (secondary N) is 1. The Morgan fingerprint density at radius 1 is 1.21 bits per heavy atom. The van der Waals surface area contributed by atoms with Crippen molar-refractivity contribution in [3.63, 3.8) is 0 Å². The Morgan fingerprint density at radius 2 is 1.95 bits per heavy atom. The van der Waals surface area contributed by atoms with Crippen LogP contribution in [0.2, 0.25) is 0 Å². The lowest BCUT2D eigenvalue weighted by Crippen LogP contribution is -2.08. The first-order valence-electron chi connectivity index (χ1n) is 5.99. The molecule has 98 valence electrons. The van der Waals surface area contributed by atoms with E-state index in [1.165, 1.54) is 6.92 Å². The van der Waals surface area contributed by atoms with Crippen molar-refractivity contribution in [1.82, 2.24) is 0 Å². The molecule has 0 saturated heterocycles. The Kier molecular flexibility index (Phi) is 4.03. The van der Waals surface area contributed by atoms with E-state index in [4.69, 9.17) is 10.5 Å². The highest BCUT2D eigenvalue weighted by atomic mass is 16.5. The van der Waals surface area contributed by atoms with Crippen molar-refractivity contribution in [3.05, 3.63) is 54.1 Å². The molecule has 0 atom stereocenters. The second kappa shape index (κ2) is 5.91. The molecule has 2 aromatic rings. The van der Waals surface area contributed by atoms with Gasteiger partial charge >= 0.3 is 0 Å². The van der Waals surface area contributed by atoms with E-state index in [2.05, 4.69) is 5.32 Å². The summed E-state index contributed by atoms with van der Waals surface area (Å²) < 4.78 is 5.64. The van der Waals surface area contributed by atoms with E-state index >= 15 is 0 Å². The Hall–Kier alpha value is -2.49. The van der Waals surface area contributed by atoms with E-state index in [-0.39, 0.29) is 5.91 Å². The largest absolute Gasteiger partial charge is 0.489 e. The second-order valence-electron chi connectivity index (χ2n) is 4.20. The number of hydrogen-bond acceptors (Lipinski definition) is 3. The first kappa shape index (κ1) is 13.0. The van der Waals surface area contributed by atoms with Crippen LogP contribution >= 0.6 is 0 Å². The fraction of sp³-hybridized carbons (Fsp3) is 0.133. The van der Waals surface area contributed by atoms with Crippen LogP contribution in [0.15, 0.2) is 48.5 Å². The first-order chi connectivity index (χ1) is 9.15. The number of anilines is 2. The third-order valence-electron chi connectivity index (χ3n) is 2.58. The highest BCUT2D eigenvalue weighted by Gasteiger charge is 2.03. The van der Waals surface area contributed by atoms with Gasteiger partial charge in [0.1, 0.15) is 12.4 Å². The molecule has 0 saturated carbocycles. The van der Waals surface area contributed by atoms with Gasteiger partial charge in [-0.1, -0.05) is 30.3 Å². The van der Waals surface area contributed by atoms with Gasteiger partial charge in [-0.3, -0.25) is 4.79 Å². The van der Waals surface area contributed by atoms with E-state index < -0.39 is 0 Å². The molecule has 3 N–H and O–H groups in total. The number of nitrogens with two attached hydrogens (primary N) is 1. The lowest BCUT2D eigenvalue weighted by atomic mass is 10.2. The van der Waals surface area contributed by atoms with Gasteiger partial charge in [-0.05, 0) is 17.7 Å². The maximum absolute atomic E-state index is 11.0. The molecular weight excluding hydrogens is 240 g/mol. The van der Waals surface area contributed by atoms with Crippen molar-refractivity contribution < 1.29 is 9.53 Å². The molecule has 0 fully saturated rings. The Balaban J connectivity index is 2.02. The normalized spacial score (nSPS) is 9.95. The SMILES string of the molecule is CC(=O)Nc1ccc(OCc2ccccc2)cc1N. The van der Waals surface area contributed by atoms with Crippen LogP contribution in [0, 0.1) is 0 Å². The first-order valence-corrected chi connectivity index (χ1v) is 5.99. The summed E-state index contributed by atoms with van der Waals surface area (Å²) in [6.07, 6.45) is 0. The van der Waals surface area contributed by atoms with E-state index in [9.17, 15) is 4.79 Å². The summed E-state index contributed by atoms with van der Waals surface area (Å²) in [5.74, 6) is 0.528. The van der Waals surface area contributed by atoms with Gasteiger partial charge in [-0.15, -0.1) is 0 Å². The molecule has 0 heterocycles. The molecule has 2 rings (SSSR count). The molecule has 4 nitrogen and oxygen atoms in total. The zero-order valence-electron chi connectivity index (χ0n) is 10.7. The average molecular weight is 256 g/mol. The third kappa shape index (κ3) is 3.74. The highest BCUT2D eigenvalue weighted by Crippen LogP contribution is 2.24. The van der Waals surface area contributed by atoms with E-state index in [1.54, 1.807) is 18.2 Å². The number of nitrogen functional groups attached to an aromatic ring is 1. The Morgan fingerprint density at radius 3 is 2.58 bits per heavy atom. The number of rotatable bonds is 4. The van der Waals surface area contributed by atoms with Crippen LogP contribution in [-0.2, 0) is 11.4 Å². The standard InChI is InChI=1S/C15H16N2O2/c1-11(18)17-15-8-7-13(9-14(15)16)19-10-12-5-3-2-4-6-12/h2-9H,10,16H2,1H3,(H,17,18).